The largest absolute Gasteiger partial charge is 0.319 e. The molecule has 0 rings (SSSR count). The molecule has 0 aliphatic rings. The summed E-state index contributed by atoms with van der Waals surface area (Å²) in [6.45, 7) is 29.7. The van der Waals surface area contributed by atoms with E-state index in [0.29, 0.717) is 6.04 Å². The molecule has 0 atom stereocenters. The van der Waals surface area contributed by atoms with Crippen LogP contribution in [0.4, 0.5) is 0 Å². The Hall–Kier alpha value is 0.314. The number of hydrogen-bond acceptors (Lipinski definition) is 3. The third-order valence-electron chi connectivity index (χ3n) is 6.83. The highest BCUT2D eigenvalue weighted by Crippen LogP contribution is 2.38. The molecule has 0 aromatic carbocycles. The van der Waals surface area contributed by atoms with Gasteiger partial charge in [0.25, 0.3) is 0 Å². The molecule has 0 aliphatic heterocycles. The summed E-state index contributed by atoms with van der Waals surface area (Å²) in [6, 6.07) is 6.10. The topological polar surface area (TPSA) is 9.72 Å². The highest BCUT2D eigenvalue weighted by molar-refractivity contribution is 6.90. The minimum Gasteiger partial charge on any atom is -0.319 e. The van der Waals surface area contributed by atoms with Crippen molar-refractivity contribution < 1.29 is 0 Å². The molecule has 0 aromatic heterocycles. The van der Waals surface area contributed by atoms with Gasteiger partial charge >= 0.3 is 0 Å². The van der Waals surface area contributed by atoms with Gasteiger partial charge in [-0.2, -0.15) is 0 Å². The lowest BCUT2D eigenvalue weighted by Gasteiger charge is -2.60. The number of nitrogens with zero attached hydrogens (tertiary/aromatic N) is 3. The van der Waals surface area contributed by atoms with Crippen LogP contribution < -0.4 is 0 Å². The van der Waals surface area contributed by atoms with Crippen LogP contribution in [-0.2, 0) is 0 Å². The average Bonchev–Trinajstić information content (AvgIpc) is 2.69. The minimum atomic E-state index is -1.72. The van der Waals surface area contributed by atoms with E-state index in [9.17, 15) is 0 Å². The van der Waals surface area contributed by atoms with Crippen molar-refractivity contribution in [2.24, 2.45) is 0 Å². The van der Waals surface area contributed by atoms with Gasteiger partial charge in [0, 0.05) is 0 Å². The Labute approximate surface area is 181 Å². The van der Waals surface area contributed by atoms with E-state index >= 15 is 0 Å². The standard InChI is InChI=1S/C23H55N3Si2/c1-11-19-24(20-12-2)27(15-5,16-6)26(23(9)10)28(17-7,18-8)25(21-13-3)22-14-4/h23H,11-22H2,1-10H3. The van der Waals surface area contributed by atoms with Crippen LogP contribution in [0.5, 0.6) is 0 Å². The molecule has 28 heavy (non-hydrogen) atoms. The molecule has 0 radical (unpaired) electrons. The van der Waals surface area contributed by atoms with Crippen molar-refractivity contribution in [2.75, 3.05) is 26.2 Å². The van der Waals surface area contributed by atoms with Crippen LogP contribution in [0.3, 0.4) is 0 Å². The zero-order chi connectivity index (χ0) is 21.8. The first-order chi connectivity index (χ1) is 13.3. The van der Waals surface area contributed by atoms with E-state index in [-0.39, 0.29) is 0 Å². The Morgan fingerprint density at radius 1 is 0.500 bits per heavy atom. The summed E-state index contributed by atoms with van der Waals surface area (Å²) in [4.78, 5) is 0. The van der Waals surface area contributed by atoms with E-state index in [1.807, 2.05) is 0 Å². The molecule has 0 aromatic rings. The van der Waals surface area contributed by atoms with Crippen molar-refractivity contribution in [3.63, 3.8) is 0 Å². The molecule has 0 heterocycles. The SMILES string of the molecule is CCCN(CCC)[Si](CC)(CC)N(C(C)C)[Si](CC)(CC)N(CCC)CCC. The van der Waals surface area contributed by atoms with Crippen LogP contribution in [0.1, 0.15) is 94.9 Å². The van der Waals surface area contributed by atoms with E-state index in [1.54, 1.807) is 0 Å². The summed E-state index contributed by atoms with van der Waals surface area (Å²) >= 11 is 0. The van der Waals surface area contributed by atoms with E-state index in [2.05, 4.69) is 82.6 Å². The lowest BCUT2D eigenvalue weighted by molar-refractivity contribution is 0.305. The van der Waals surface area contributed by atoms with Crippen LogP contribution in [0.2, 0.25) is 24.2 Å². The minimum absolute atomic E-state index is 0.644. The second-order valence-electron chi connectivity index (χ2n) is 8.82. The van der Waals surface area contributed by atoms with Gasteiger partial charge in [0.15, 0.2) is 0 Å². The lowest BCUT2D eigenvalue weighted by atomic mass is 10.4. The first-order valence-electron chi connectivity index (χ1n) is 12.6. The van der Waals surface area contributed by atoms with Crippen LogP contribution >= 0.6 is 0 Å². The molecule has 0 aliphatic carbocycles. The maximum Gasteiger partial charge on any atom is 0.200 e. The molecule has 5 heteroatoms. The predicted molar refractivity (Wildman–Crippen MR) is 135 cm³/mol. The number of hydrogen-bond donors (Lipinski definition) is 0. The fourth-order valence-electron chi connectivity index (χ4n) is 5.86. The Balaban J connectivity index is 6.63. The first kappa shape index (κ1) is 28.3. The first-order valence-corrected chi connectivity index (χ1v) is 17.3. The van der Waals surface area contributed by atoms with Crippen molar-refractivity contribution in [3.05, 3.63) is 0 Å². The summed E-state index contributed by atoms with van der Waals surface area (Å²) in [5.74, 6) is 0. The Morgan fingerprint density at radius 3 is 0.893 bits per heavy atom. The zero-order valence-electron chi connectivity index (χ0n) is 21.4. The third-order valence-corrected chi connectivity index (χ3v) is 19.9. The summed E-state index contributed by atoms with van der Waals surface area (Å²) < 4.78 is 9.27. The van der Waals surface area contributed by atoms with Gasteiger partial charge in [-0.25, -0.2) is 0 Å². The van der Waals surface area contributed by atoms with Crippen LogP contribution in [0.25, 0.3) is 0 Å². The summed E-state index contributed by atoms with van der Waals surface area (Å²) in [5.41, 5.74) is 0. The fourth-order valence-corrected chi connectivity index (χ4v) is 21.0. The van der Waals surface area contributed by atoms with E-state index in [0.717, 1.165) is 0 Å². The summed E-state index contributed by atoms with van der Waals surface area (Å²) in [6.07, 6.45) is 5.12. The molecule has 0 fully saturated rings. The molecule has 0 saturated carbocycles. The maximum atomic E-state index is 3.25. The van der Waals surface area contributed by atoms with Gasteiger partial charge in [-0.1, -0.05) is 69.2 Å². The normalized spacial score (nSPS) is 13.5. The quantitative estimate of drug-likeness (QED) is 0.233. The highest BCUT2D eigenvalue weighted by Gasteiger charge is 2.54. The molecule has 0 unspecified atom stereocenters. The van der Waals surface area contributed by atoms with Crippen LogP contribution in [-0.4, -0.2) is 62.4 Å². The van der Waals surface area contributed by atoms with Crippen LogP contribution in [0, 0.1) is 0 Å². The van der Waals surface area contributed by atoms with Gasteiger partial charge in [-0.05, 0) is 82.1 Å². The fraction of sp³-hybridized carbons (Fsp3) is 1.00. The van der Waals surface area contributed by atoms with Crippen molar-refractivity contribution >= 4 is 16.8 Å². The molecule has 0 amide bonds. The Kier molecular flexibility index (Phi) is 14.5. The van der Waals surface area contributed by atoms with E-state index < -0.39 is 16.8 Å². The van der Waals surface area contributed by atoms with Gasteiger partial charge < -0.3 is 13.4 Å². The number of rotatable bonds is 17. The molecular weight excluding hydrogens is 374 g/mol. The molecule has 3 nitrogen and oxygen atoms in total. The van der Waals surface area contributed by atoms with Gasteiger partial charge in [0.1, 0.15) is 0 Å². The monoisotopic (exact) mass is 429 g/mol. The maximum absolute atomic E-state index is 3.25. The third kappa shape index (κ3) is 6.16. The van der Waals surface area contributed by atoms with Crippen molar-refractivity contribution in [3.8, 4) is 0 Å². The second-order valence-corrected chi connectivity index (χ2v) is 18.3. The predicted octanol–water partition coefficient (Wildman–Crippen LogP) is 6.90. The molecule has 0 saturated heterocycles. The summed E-state index contributed by atoms with van der Waals surface area (Å²) in [5, 5.41) is 0. The van der Waals surface area contributed by atoms with Crippen molar-refractivity contribution in [2.45, 2.75) is 125 Å². The van der Waals surface area contributed by atoms with E-state index in [1.165, 1.54) is 76.0 Å². The van der Waals surface area contributed by atoms with Crippen molar-refractivity contribution in [1.29, 1.82) is 0 Å². The second kappa shape index (κ2) is 14.3. The van der Waals surface area contributed by atoms with Crippen molar-refractivity contribution in [1.82, 2.24) is 13.4 Å². The highest BCUT2D eigenvalue weighted by atomic mass is 28.4. The smallest absolute Gasteiger partial charge is 0.200 e. The van der Waals surface area contributed by atoms with Gasteiger partial charge in [-0.15, -0.1) is 0 Å². The van der Waals surface area contributed by atoms with E-state index in [4.69, 9.17) is 0 Å². The summed E-state index contributed by atoms with van der Waals surface area (Å²) in [7, 11) is -3.44. The molecule has 0 spiro atoms. The van der Waals surface area contributed by atoms with Gasteiger partial charge in [0.05, 0.1) is 0 Å². The van der Waals surface area contributed by atoms with Gasteiger partial charge in [0.2, 0.25) is 16.8 Å². The van der Waals surface area contributed by atoms with Gasteiger partial charge in [-0.3, -0.25) is 0 Å². The Bertz CT molecular complexity index is 338. The lowest BCUT2D eigenvalue weighted by Crippen LogP contribution is -2.79. The average molecular weight is 430 g/mol. The Morgan fingerprint density at radius 2 is 0.750 bits per heavy atom. The molecular formula is C23H55N3Si2. The molecule has 0 bridgehead atoms. The van der Waals surface area contributed by atoms with Crippen LogP contribution in [0.15, 0.2) is 0 Å². The zero-order valence-corrected chi connectivity index (χ0v) is 23.4. The molecule has 170 valence electrons. The molecule has 0 N–H and O–H groups in total.